The van der Waals surface area contributed by atoms with Gasteiger partial charge in [0.1, 0.15) is 10.5 Å². The van der Waals surface area contributed by atoms with E-state index in [9.17, 15) is 5.11 Å². The number of rotatable bonds is 1. The number of hydrogen-bond donors (Lipinski definition) is 1. The molecule has 0 aromatic rings. The molecule has 60 valence electrons. The maximum absolute atomic E-state index is 9.51. The summed E-state index contributed by atoms with van der Waals surface area (Å²) in [5, 5.41) is 9.51. The van der Waals surface area contributed by atoms with Crippen LogP contribution in [0.1, 0.15) is 13.3 Å². The van der Waals surface area contributed by atoms with Crippen LogP contribution in [-0.4, -0.2) is 28.4 Å². The van der Waals surface area contributed by atoms with E-state index in [-0.39, 0.29) is 0 Å². The lowest BCUT2D eigenvalue weighted by atomic mass is 10.3. The molecule has 1 heterocycles. The van der Waals surface area contributed by atoms with Crippen LogP contribution in [0.15, 0.2) is 11.0 Å². The van der Waals surface area contributed by atoms with Gasteiger partial charge in [0.05, 0.1) is 0 Å². The summed E-state index contributed by atoms with van der Waals surface area (Å²) in [6, 6.07) is 0. The van der Waals surface area contributed by atoms with Crippen molar-refractivity contribution in [1.82, 2.24) is 4.81 Å². The maximum Gasteiger partial charge on any atom is 0.222 e. The zero-order valence-corrected chi connectivity index (χ0v) is 8.21. The van der Waals surface area contributed by atoms with Crippen molar-refractivity contribution in [2.24, 2.45) is 0 Å². The molecule has 0 bridgehead atoms. The van der Waals surface area contributed by atoms with Crippen molar-refractivity contribution in [3.05, 3.63) is 11.0 Å². The van der Waals surface area contributed by atoms with Gasteiger partial charge in [-0.15, -0.1) is 0 Å². The Morgan fingerprint density at radius 3 is 2.91 bits per heavy atom. The number of thioether (sulfide) groups is 1. The van der Waals surface area contributed by atoms with Crippen molar-refractivity contribution in [1.29, 1.82) is 0 Å². The van der Waals surface area contributed by atoms with Crippen LogP contribution in [0.3, 0.4) is 0 Å². The van der Waals surface area contributed by atoms with Crippen LogP contribution < -0.4 is 0 Å². The molecule has 11 heavy (non-hydrogen) atoms. The highest BCUT2D eigenvalue weighted by Gasteiger charge is 2.27. The van der Waals surface area contributed by atoms with Crippen molar-refractivity contribution in [3.63, 3.8) is 0 Å². The highest BCUT2D eigenvalue weighted by molar-refractivity contribution is 8.25. The summed E-state index contributed by atoms with van der Waals surface area (Å²) in [6.45, 7) is 2.04. The number of aliphatic hydroxyl groups is 1. The molecule has 1 N–H and O–H groups in total. The topological polar surface area (TPSA) is 23.5 Å². The van der Waals surface area contributed by atoms with E-state index in [1.54, 1.807) is 12.8 Å². The number of thiocarbonyl (C=S) groups is 1. The summed E-state index contributed by atoms with van der Waals surface area (Å²) in [5.41, 5.74) is 0. The second kappa shape index (κ2) is 3.60. The summed E-state index contributed by atoms with van der Waals surface area (Å²) in [6.07, 6.45) is 2.44. The fourth-order valence-corrected chi connectivity index (χ4v) is 2.21. The Labute approximate surface area is 77.1 Å². The predicted octanol–water partition coefficient (Wildman–Crippen LogP) is 0.480. The van der Waals surface area contributed by atoms with Crippen LogP contribution in [0.5, 0.6) is 0 Å². The SMILES string of the molecule is BN1C(=S)S/C(=C/CC)C1O. The van der Waals surface area contributed by atoms with Gasteiger partial charge in [0.25, 0.3) is 0 Å². The van der Waals surface area contributed by atoms with Crippen LogP contribution in [0, 0.1) is 0 Å². The molecule has 0 saturated carbocycles. The van der Waals surface area contributed by atoms with Crippen LogP contribution in [-0.2, 0) is 0 Å². The van der Waals surface area contributed by atoms with Crippen LogP contribution in [0.25, 0.3) is 0 Å². The van der Waals surface area contributed by atoms with Gasteiger partial charge in [-0.3, -0.25) is 0 Å². The zero-order chi connectivity index (χ0) is 8.43. The number of nitrogens with zero attached hydrogens (tertiary/aromatic N) is 1. The van der Waals surface area contributed by atoms with Gasteiger partial charge >= 0.3 is 0 Å². The van der Waals surface area contributed by atoms with Crippen LogP contribution in [0.2, 0.25) is 0 Å². The van der Waals surface area contributed by atoms with Crippen molar-refractivity contribution < 1.29 is 5.11 Å². The minimum Gasteiger partial charge on any atom is -0.381 e. The molecular weight excluding hydrogens is 177 g/mol. The molecule has 1 aliphatic heterocycles. The van der Waals surface area contributed by atoms with E-state index in [1.165, 1.54) is 11.8 Å². The van der Waals surface area contributed by atoms with Gasteiger partial charge in [-0.25, -0.2) is 0 Å². The molecule has 1 rings (SSSR count). The molecule has 5 heteroatoms. The fraction of sp³-hybridized carbons (Fsp3) is 0.500. The minimum atomic E-state index is -0.507. The Hall–Kier alpha value is 0.00494. The number of hydrogen-bond acceptors (Lipinski definition) is 3. The van der Waals surface area contributed by atoms with Crippen molar-refractivity contribution in [2.75, 3.05) is 0 Å². The summed E-state index contributed by atoms with van der Waals surface area (Å²) < 4.78 is 0.747. The summed E-state index contributed by atoms with van der Waals surface area (Å²) >= 11 is 6.47. The lowest BCUT2D eigenvalue weighted by molar-refractivity contribution is 0.154. The lowest BCUT2D eigenvalue weighted by Gasteiger charge is -2.14. The Balaban J connectivity index is 2.74. The van der Waals surface area contributed by atoms with Gasteiger partial charge in [-0.05, 0) is 6.42 Å². The molecule has 0 aromatic heterocycles. The Bertz CT molecular complexity index is 207. The average Bonchev–Trinajstić information content (AvgIpc) is 2.19. The quantitative estimate of drug-likeness (QED) is 0.476. The molecule has 1 unspecified atom stereocenters. The summed E-state index contributed by atoms with van der Waals surface area (Å²) in [4.78, 5) is 2.65. The third-order valence-electron chi connectivity index (χ3n) is 1.52. The van der Waals surface area contributed by atoms with Crippen molar-refractivity contribution >= 4 is 36.3 Å². The highest BCUT2D eigenvalue weighted by atomic mass is 32.2. The minimum absolute atomic E-state index is 0.507. The summed E-state index contributed by atoms with van der Waals surface area (Å²) in [7, 11) is 1.80. The largest absolute Gasteiger partial charge is 0.381 e. The first kappa shape index (κ1) is 9.10. The van der Waals surface area contributed by atoms with Gasteiger partial charge in [0.15, 0.2) is 0 Å². The molecule has 0 spiro atoms. The van der Waals surface area contributed by atoms with Crippen molar-refractivity contribution in [2.45, 2.75) is 19.6 Å². The zero-order valence-electron chi connectivity index (χ0n) is 6.57. The summed E-state index contributed by atoms with van der Waals surface area (Å²) in [5.74, 6) is 0. The molecule has 2 nitrogen and oxygen atoms in total. The van der Waals surface area contributed by atoms with E-state index < -0.39 is 6.23 Å². The monoisotopic (exact) mass is 187 g/mol. The molecule has 1 atom stereocenters. The maximum atomic E-state index is 9.51. The molecule has 1 saturated heterocycles. The number of allylic oxidation sites excluding steroid dienone is 1. The van der Waals surface area contributed by atoms with Gasteiger partial charge in [-0.2, -0.15) is 0 Å². The van der Waals surface area contributed by atoms with E-state index in [2.05, 4.69) is 0 Å². The van der Waals surface area contributed by atoms with Gasteiger partial charge in [0.2, 0.25) is 7.98 Å². The molecule has 0 aromatic carbocycles. The molecule has 0 amide bonds. The Morgan fingerprint density at radius 2 is 2.55 bits per heavy atom. The third kappa shape index (κ3) is 1.77. The molecule has 0 aliphatic carbocycles. The Morgan fingerprint density at radius 1 is 1.91 bits per heavy atom. The second-order valence-electron chi connectivity index (χ2n) is 2.37. The molecule has 1 aliphatic rings. The highest BCUT2D eigenvalue weighted by Crippen LogP contribution is 2.32. The molecular formula is C6H10BNOS2. The second-order valence-corrected chi connectivity index (χ2v) is 4.07. The van der Waals surface area contributed by atoms with E-state index in [0.717, 1.165) is 15.6 Å². The normalized spacial score (nSPS) is 28.5. The first-order valence-corrected chi connectivity index (χ1v) is 4.72. The van der Waals surface area contributed by atoms with Crippen LogP contribution >= 0.6 is 24.0 Å². The van der Waals surface area contributed by atoms with Gasteiger partial charge < -0.3 is 9.92 Å². The van der Waals surface area contributed by atoms with Gasteiger partial charge in [0, 0.05) is 4.91 Å². The van der Waals surface area contributed by atoms with E-state index in [1.807, 2.05) is 13.0 Å². The average molecular weight is 187 g/mol. The fourth-order valence-electron chi connectivity index (χ4n) is 0.864. The lowest BCUT2D eigenvalue weighted by Crippen LogP contribution is -2.29. The van der Waals surface area contributed by atoms with E-state index in [4.69, 9.17) is 12.2 Å². The smallest absolute Gasteiger partial charge is 0.222 e. The van der Waals surface area contributed by atoms with Crippen LogP contribution in [0.4, 0.5) is 0 Å². The first-order chi connectivity index (χ1) is 5.16. The number of aliphatic hydroxyl groups excluding tert-OH is 1. The van der Waals surface area contributed by atoms with Gasteiger partial charge in [-0.1, -0.05) is 37.0 Å². The third-order valence-corrected chi connectivity index (χ3v) is 3.13. The van der Waals surface area contributed by atoms with E-state index in [0.29, 0.717) is 0 Å². The van der Waals surface area contributed by atoms with Crippen molar-refractivity contribution in [3.8, 4) is 0 Å². The predicted molar refractivity (Wildman–Crippen MR) is 55.0 cm³/mol. The van der Waals surface area contributed by atoms with E-state index >= 15 is 0 Å². The molecule has 0 radical (unpaired) electrons. The first-order valence-electron chi connectivity index (χ1n) is 3.49. The Kier molecular flexibility index (Phi) is 2.98. The standard InChI is InChI=1S/C6H10BNOS2/c1-2-3-4-5(9)8(7)6(10)11-4/h3,5,9H,2,7H2,1H3/b4-3+. The molecule has 1 fully saturated rings.